The van der Waals surface area contributed by atoms with Gasteiger partial charge in [-0.2, -0.15) is 0 Å². The lowest BCUT2D eigenvalue weighted by molar-refractivity contribution is 0.304. The molecule has 0 aromatic heterocycles. The van der Waals surface area contributed by atoms with Gasteiger partial charge >= 0.3 is 0 Å². The molecule has 0 saturated heterocycles. The van der Waals surface area contributed by atoms with E-state index < -0.39 is 0 Å². The molecule has 0 aliphatic carbocycles. The Morgan fingerprint density at radius 3 is 2.81 bits per heavy atom. The lowest BCUT2D eigenvalue weighted by Crippen LogP contribution is -2.00. The zero-order valence-corrected chi connectivity index (χ0v) is 10.2. The molecule has 0 spiro atoms. The zero-order valence-electron chi connectivity index (χ0n) is 10.2. The number of ether oxygens (including phenoxy) is 2. The number of allylic oxidation sites excluding steroid dienone is 1. The first-order valence-corrected chi connectivity index (χ1v) is 5.72. The number of hydrogen-bond donors (Lipinski definition) is 0. The first-order chi connectivity index (χ1) is 7.81. The first-order valence-electron chi connectivity index (χ1n) is 5.72. The second kappa shape index (κ2) is 6.94. The molecule has 16 heavy (non-hydrogen) atoms. The summed E-state index contributed by atoms with van der Waals surface area (Å²) in [7, 11) is 1.67. The molecule has 1 rings (SSSR count). The summed E-state index contributed by atoms with van der Waals surface area (Å²) in [4.78, 5) is 0. The van der Waals surface area contributed by atoms with Crippen molar-refractivity contribution < 1.29 is 9.47 Å². The summed E-state index contributed by atoms with van der Waals surface area (Å²) < 4.78 is 10.9. The Hall–Kier alpha value is -1.44. The molecule has 2 nitrogen and oxygen atoms in total. The normalized spacial score (nSPS) is 9.88. The van der Waals surface area contributed by atoms with Gasteiger partial charge in [0.05, 0.1) is 13.7 Å². The highest BCUT2D eigenvalue weighted by Gasteiger charge is 2.04. The van der Waals surface area contributed by atoms with E-state index in [0.29, 0.717) is 0 Å². The number of hydrogen-bond acceptors (Lipinski definition) is 2. The molecule has 0 atom stereocenters. The SMILES string of the molecule is C=CCc1ccc(OC)cc1OCCCC. The highest BCUT2D eigenvalue weighted by molar-refractivity contribution is 5.41. The third-order valence-corrected chi connectivity index (χ3v) is 2.39. The fourth-order valence-electron chi connectivity index (χ4n) is 1.45. The Kier molecular flexibility index (Phi) is 5.48. The van der Waals surface area contributed by atoms with Crippen LogP contribution in [0.1, 0.15) is 25.3 Å². The van der Waals surface area contributed by atoms with Crippen molar-refractivity contribution in [3.05, 3.63) is 36.4 Å². The summed E-state index contributed by atoms with van der Waals surface area (Å²) in [6.07, 6.45) is 4.92. The number of methoxy groups -OCH3 is 1. The lowest BCUT2D eigenvalue weighted by Gasteiger charge is -2.11. The molecule has 0 N–H and O–H groups in total. The summed E-state index contributed by atoms with van der Waals surface area (Å²) in [5.74, 6) is 1.74. The second-order valence-corrected chi connectivity index (χ2v) is 3.67. The van der Waals surface area contributed by atoms with Gasteiger partial charge in [0.25, 0.3) is 0 Å². The van der Waals surface area contributed by atoms with Crippen LogP contribution in [-0.2, 0) is 6.42 Å². The Morgan fingerprint density at radius 1 is 1.38 bits per heavy atom. The van der Waals surface area contributed by atoms with Gasteiger partial charge in [0.2, 0.25) is 0 Å². The van der Waals surface area contributed by atoms with Crippen LogP contribution in [-0.4, -0.2) is 13.7 Å². The Bertz CT molecular complexity index is 332. The van der Waals surface area contributed by atoms with Gasteiger partial charge in [-0.25, -0.2) is 0 Å². The molecule has 0 heterocycles. The van der Waals surface area contributed by atoms with Crippen molar-refractivity contribution in [3.8, 4) is 11.5 Å². The van der Waals surface area contributed by atoms with Crippen molar-refractivity contribution in [2.75, 3.05) is 13.7 Å². The van der Waals surface area contributed by atoms with Crippen LogP contribution < -0.4 is 9.47 Å². The summed E-state index contributed by atoms with van der Waals surface area (Å²) in [5.41, 5.74) is 1.16. The average Bonchev–Trinajstić information content (AvgIpc) is 2.31. The minimum atomic E-state index is 0.758. The van der Waals surface area contributed by atoms with E-state index in [2.05, 4.69) is 13.5 Å². The highest BCUT2D eigenvalue weighted by atomic mass is 16.5. The molecule has 0 amide bonds. The highest BCUT2D eigenvalue weighted by Crippen LogP contribution is 2.25. The maximum absolute atomic E-state index is 5.74. The van der Waals surface area contributed by atoms with E-state index in [1.54, 1.807) is 7.11 Å². The fraction of sp³-hybridized carbons (Fsp3) is 0.429. The van der Waals surface area contributed by atoms with Crippen LogP contribution in [0.25, 0.3) is 0 Å². The quantitative estimate of drug-likeness (QED) is 0.516. The third kappa shape index (κ3) is 3.61. The Morgan fingerprint density at radius 2 is 2.19 bits per heavy atom. The summed E-state index contributed by atoms with van der Waals surface area (Å²) in [5, 5.41) is 0. The van der Waals surface area contributed by atoms with E-state index in [1.807, 2.05) is 24.3 Å². The van der Waals surface area contributed by atoms with Crippen LogP contribution in [0.15, 0.2) is 30.9 Å². The van der Waals surface area contributed by atoms with Gasteiger partial charge in [-0.3, -0.25) is 0 Å². The van der Waals surface area contributed by atoms with E-state index in [1.165, 1.54) is 0 Å². The topological polar surface area (TPSA) is 18.5 Å². The fourth-order valence-corrected chi connectivity index (χ4v) is 1.45. The average molecular weight is 220 g/mol. The lowest BCUT2D eigenvalue weighted by atomic mass is 10.1. The van der Waals surface area contributed by atoms with Gasteiger partial charge in [-0.05, 0) is 24.5 Å². The van der Waals surface area contributed by atoms with Crippen LogP contribution in [0, 0.1) is 0 Å². The van der Waals surface area contributed by atoms with E-state index >= 15 is 0 Å². The van der Waals surface area contributed by atoms with Gasteiger partial charge in [0, 0.05) is 6.07 Å². The predicted octanol–water partition coefficient (Wildman–Crippen LogP) is 3.60. The molecule has 0 radical (unpaired) electrons. The monoisotopic (exact) mass is 220 g/mol. The molecule has 88 valence electrons. The summed E-state index contributed by atoms with van der Waals surface area (Å²) >= 11 is 0. The minimum absolute atomic E-state index is 0.758. The molecule has 0 bridgehead atoms. The molecule has 2 heteroatoms. The van der Waals surface area contributed by atoms with Crippen molar-refractivity contribution in [2.45, 2.75) is 26.2 Å². The van der Waals surface area contributed by atoms with Gasteiger partial charge < -0.3 is 9.47 Å². The number of unbranched alkanes of at least 4 members (excludes halogenated alkanes) is 1. The predicted molar refractivity (Wildman–Crippen MR) is 67.3 cm³/mol. The minimum Gasteiger partial charge on any atom is -0.497 e. The Labute approximate surface area is 97.9 Å². The third-order valence-electron chi connectivity index (χ3n) is 2.39. The smallest absolute Gasteiger partial charge is 0.126 e. The van der Waals surface area contributed by atoms with E-state index in [-0.39, 0.29) is 0 Å². The van der Waals surface area contributed by atoms with Crippen LogP contribution in [0.5, 0.6) is 11.5 Å². The number of rotatable bonds is 7. The van der Waals surface area contributed by atoms with Gasteiger partial charge in [-0.1, -0.05) is 25.5 Å². The molecule has 0 unspecified atom stereocenters. The molecular weight excluding hydrogens is 200 g/mol. The Balaban J connectivity index is 2.77. The van der Waals surface area contributed by atoms with Crippen LogP contribution in [0.3, 0.4) is 0 Å². The van der Waals surface area contributed by atoms with Crippen molar-refractivity contribution >= 4 is 0 Å². The second-order valence-electron chi connectivity index (χ2n) is 3.67. The molecule has 0 aliphatic rings. The largest absolute Gasteiger partial charge is 0.497 e. The molecular formula is C14H20O2. The van der Waals surface area contributed by atoms with E-state index in [0.717, 1.165) is 42.9 Å². The van der Waals surface area contributed by atoms with Crippen LogP contribution >= 0.6 is 0 Å². The standard InChI is InChI=1S/C14H20O2/c1-4-6-10-16-14-11-13(15-3)9-8-12(14)7-5-2/h5,8-9,11H,2,4,6-7,10H2,1,3H3. The summed E-state index contributed by atoms with van der Waals surface area (Å²) in [6, 6.07) is 5.92. The molecule has 0 fully saturated rings. The number of benzene rings is 1. The maximum atomic E-state index is 5.74. The van der Waals surface area contributed by atoms with Gasteiger partial charge in [-0.15, -0.1) is 6.58 Å². The molecule has 0 aliphatic heterocycles. The van der Waals surface area contributed by atoms with Gasteiger partial charge in [0.15, 0.2) is 0 Å². The first kappa shape index (κ1) is 12.6. The zero-order chi connectivity index (χ0) is 11.8. The van der Waals surface area contributed by atoms with Gasteiger partial charge in [0.1, 0.15) is 11.5 Å². The van der Waals surface area contributed by atoms with Crippen molar-refractivity contribution in [3.63, 3.8) is 0 Å². The molecule has 1 aromatic carbocycles. The maximum Gasteiger partial charge on any atom is 0.126 e. The van der Waals surface area contributed by atoms with Crippen LogP contribution in [0.4, 0.5) is 0 Å². The van der Waals surface area contributed by atoms with E-state index in [4.69, 9.17) is 9.47 Å². The summed E-state index contributed by atoms with van der Waals surface area (Å²) in [6.45, 7) is 6.66. The van der Waals surface area contributed by atoms with Crippen molar-refractivity contribution in [1.82, 2.24) is 0 Å². The van der Waals surface area contributed by atoms with Crippen molar-refractivity contribution in [1.29, 1.82) is 0 Å². The van der Waals surface area contributed by atoms with E-state index in [9.17, 15) is 0 Å². The molecule has 0 saturated carbocycles. The molecule has 1 aromatic rings. The van der Waals surface area contributed by atoms with Crippen molar-refractivity contribution in [2.24, 2.45) is 0 Å². The van der Waals surface area contributed by atoms with Crippen LogP contribution in [0.2, 0.25) is 0 Å².